The number of rotatable bonds is 2. The summed E-state index contributed by atoms with van der Waals surface area (Å²) in [7, 11) is 0. The highest BCUT2D eigenvalue weighted by Crippen LogP contribution is 2.36. The molecule has 27 heavy (non-hydrogen) atoms. The first-order valence-electron chi connectivity index (χ1n) is 9.38. The largest absolute Gasteiger partial charge is 0.309 e. The normalized spacial score (nSPS) is 11.3. The maximum atomic E-state index is 2.38. The fourth-order valence-electron chi connectivity index (χ4n) is 3.94. The Balaban J connectivity index is 1.89. The lowest BCUT2D eigenvalue weighted by Gasteiger charge is -2.09. The molecule has 0 amide bonds. The van der Waals surface area contributed by atoms with E-state index in [9.17, 15) is 0 Å². The molecule has 0 saturated carbocycles. The summed E-state index contributed by atoms with van der Waals surface area (Å²) in [6, 6.07) is 32.7. The van der Waals surface area contributed by atoms with Gasteiger partial charge in [-0.05, 0) is 72.5 Å². The predicted octanol–water partition coefficient (Wildman–Crippen LogP) is 7.07. The molecule has 0 saturated heterocycles. The predicted molar refractivity (Wildman–Crippen MR) is 116 cm³/mol. The minimum atomic E-state index is 1.20. The molecular formula is C26H21N. The maximum absolute atomic E-state index is 2.38. The van der Waals surface area contributed by atoms with Crippen LogP contribution in [0.1, 0.15) is 11.1 Å². The summed E-state index contributed by atoms with van der Waals surface area (Å²) in [5.41, 5.74) is 8.89. The quantitative estimate of drug-likeness (QED) is 0.322. The van der Waals surface area contributed by atoms with E-state index in [0.29, 0.717) is 0 Å². The molecule has 0 radical (unpaired) electrons. The molecule has 0 unspecified atom stereocenters. The molecule has 5 aromatic rings. The van der Waals surface area contributed by atoms with Crippen LogP contribution in [0.3, 0.4) is 0 Å². The van der Waals surface area contributed by atoms with Gasteiger partial charge in [0, 0.05) is 16.5 Å². The zero-order valence-electron chi connectivity index (χ0n) is 15.6. The summed E-state index contributed by atoms with van der Waals surface area (Å²) in [6.07, 6.45) is 0. The number of aryl methyl sites for hydroxylation is 2. The molecule has 0 spiro atoms. The van der Waals surface area contributed by atoms with Crippen molar-refractivity contribution in [3.05, 3.63) is 102 Å². The third-order valence-corrected chi connectivity index (χ3v) is 5.50. The van der Waals surface area contributed by atoms with E-state index in [0.717, 1.165) is 0 Å². The van der Waals surface area contributed by atoms with Gasteiger partial charge in [-0.1, -0.05) is 54.6 Å². The second-order valence-corrected chi connectivity index (χ2v) is 7.22. The first kappa shape index (κ1) is 15.9. The van der Waals surface area contributed by atoms with E-state index in [-0.39, 0.29) is 0 Å². The molecule has 0 atom stereocenters. The molecule has 1 heteroatoms. The van der Waals surface area contributed by atoms with Crippen LogP contribution in [0, 0.1) is 13.8 Å². The van der Waals surface area contributed by atoms with Gasteiger partial charge in [0.15, 0.2) is 0 Å². The van der Waals surface area contributed by atoms with E-state index in [1.54, 1.807) is 0 Å². The molecule has 4 aromatic carbocycles. The van der Waals surface area contributed by atoms with Crippen molar-refractivity contribution in [2.45, 2.75) is 13.8 Å². The Kier molecular flexibility index (Phi) is 3.61. The van der Waals surface area contributed by atoms with E-state index in [4.69, 9.17) is 0 Å². The minimum Gasteiger partial charge on any atom is -0.309 e. The van der Waals surface area contributed by atoms with Crippen molar-refractivity contribution in [1.29, 1.82) is 0 Å². The Morgan fingerprint density at radius 2 is 1.15 bits per heavy atom. The first-order valence-corrected chi connectivity index (χ1v) is 9.38. The van der Waals surface area contributed by atoms with Gasteiger partial charge in [-0.2, -0.15) is 0 Å². The zero-order valence-corrected chi connectivity index (χ0v) is 15.6. The molecular weight excluding hydrogens is 326 g/mol. The lowest BCUT2D eigenvalue weighted by atomic mass is 10.0. The molecule has 0 fully saturated rings. The molecule has 0 N–H and O–H groups in total. The summed E-state index contributed by atoms with van der Waals surface area (Å²) in [6.45, 7) is 4.39. The van der Waals surface area contributed by atoms with Gasteiger partial charge in [0.1, 0.15) is 0 Å². The van der Waals surface area contributed by atoms with Gasteiger partial charge in [-0.25, -0.2) is 0 Å². The SMILES string of the molecule is Cc1cc2c3cc(-c4ccccc4)ccc3n(-c3ccccc3)c2cc1C. The van der Waals surface area contributed by atoms with Crippen LogP contribution in [-0.2, 0) is 0 Å². The van der Waals surface area contributed by atoms with Gasteiger partial charge >= 0.3 is 0 Å². The number of fused-ring (bicyclic) bond motifs is 3. The number of hydrogen-bond donors (Lipinski definition) is 0. The van der Waals surface area contributed by atoms with Crippen LogP contribution in [0.4, 0.5) is 0 Å². The molecule has 1 aromatic heterocycles. The average molecular weight is 347 g/mol. The fraction of sp³-hybridized carbons (Fsp3) is 0.0769. The van der Waals surface area contributed by atoms with E-state index >= 15 is 0 Å². The van der Waals surface area contributed by atoms with Crippen molar-refractivity contribution in [3.63, 3.8) is 0 Å². The molecule has 1 heterocycles. The molecule has 0 bridgehead atoms. The maximum Gasteiger partial charge on any atom is 0.0543 e. The Morgan fingerprint density at radius 3 is 1.89 bits per heavy atom. The van der Waals surface area contributed by atoms with Crippen LogP contribution in [0.25, 0.3) is 38.6 Å². The summed E-state index contributed by atoms with van der Waals surface area (Å²) < 4.78 is 2.38. The second-order valence-electron chi connectivity index (χ2n) is 7.22. The molecule has 130 valence electrons. The summed E-state index contributed by atoms with van der Waals surface area (Å²) in [5.74, 6) is 0. The number of hydrogen-bond acceptors (Lipinski definition) is 0. The minimum absolute atomic E-state index is 1.20. The second kappa shape index (κ2) is 6.14. The van der Waals surface area contributed by atoms with Crippen LogP contribution in [0.15, 0.2) is 91.0 Å². The zero-order chi connectivity index (χ0) is 18.4. The van der Waals surface area contributed by atoms with Crippen molar-refractivity contribution in [2.24, 2.45) is 0 Å². The first-order chi connectivity index (χ1) is 13.2. The highest BCUT2D eigenvalue weighted by Gasteiger charge is 2.14. The average Bonchev–Trinajstić information content (AvgIpc) is 3.02. The van der Waals surface area contributed by atoms with Gasteiger partial charge in [-0.15, -0.1) is 0 Å². The van der Waals surface area contributed by atoms with E-state index in [1.165, 1.54) is 49.7 Å². The van der Waals surface area contributed by atoms with Crippen molar-refractivity contribution < 1.29 is 0 Å². The number of aromatic nitrogens is 1. The molecule has 0 aliphatic carbocycles. The number of benzene rings is 4. The van der Waals surface area contributed by atoms with Crippen molar-refractivity contribution in [3.8, 4) is 16.8 Å². The lowest BCUT2D eigenvalue weighted by Crippen LogP contribution is -1.93. The third-order valence-electron chi connectivity index (χ3n) is 5.50. The number of nitrogens with zero attached hydrogens (tertiary/aromatic N) is 1. The standard InChI is InChI=1S/C26H21N/c1-18-15-23-24-17-21(20-9-5-3-6-10-20)13-14-25(24)27(26(23)16-19(18)2)22-11-7-4-8-12-22/h3-17H,1-2H3. The van der Waals surface area contributed by atoms with Crippen molar-refractivity contribution in [2.75, 3.05) is 0 Å². The van der Waals surface area contributed by atoms with Gasteiger partial charge in [0.25, 0.3) is 0 Å². The lowest BCUT2D eigenvalue weighted by molar-refractivity contribution is 1.17. The highest BCUT2D eigenvalue weighted by molar-refractivity contribution is 6.10. The third kappa shape index (κ3) is 2.55. The highest BCUT2D eigenvalue weighted by atomic mass is 15.0. The Hall–Kier alpha value is -3.32. The van der Waals surface area contributed by atoms with E-state index in [1.807, 2.05) is 0 Å². The van der Waals surface area contributed by atoms with Gasteiger partial charge in [0.2, 0.25) is 0 Å². The molecule has 5 rings (SSSR count). The van der Waals surface area contributed by atoms with Crippen LogP contribution < -0.4 is 0 Å². The van der Waals surface area contributed by atoms with E-state index in [2.05, 4.69) is 109 Å². The van der Waals surface area contributed by atoms with Crippen molar-refractivity contribution >= 4 is 21.8 Å². The molecule has 0 aliphatic heterocycles. The van der Waals surface area contributed by atoms with Crippen LogP contribution in [0.2, 0.25) is 0 Å². The van der Waals surface area contributed by atoms with Gasteiger partial charge in [-0.3, -0.25) is 0 Å². The summed E-state index contributed by atoms with van der Waals surface area (Å²) in [5, 5.41) is 2.62. The van der Waals surface area contributed by atoms with Crippen LogP contribution in [0.5, 0.6) is 0 Å². The summed E-state index contributed by atoms with van der Waals surface area (Å²) in [4.78, 5) is 0. The molecule has 1 nitrogen and oxygen atoms in total. The van der Waals surface area contributed by atoms with Gasteiger partial charge in [0.05, 0.1) is 11.0 Å². The number of para-hydroxylation sites is 1. The molecule has 0 aliphatic rings. The monoisotopic (exact) mass is 347 g/mol. The Morgan fingerprint density at radius 1 is 0.519 bits per heavy atom. The Bertz CT molecular complexity index is 1260. The topological polar surface area (TPSA) is 4.93 Å². The van der Waals surface area contributed by atoms with Crippen LogP contribution >= 0.6 is 0 Å². The summed E-state index contributed by atoms with van der Waals surface area (Å²) >= 11 is 0. The van der Waals surface area contributed by atoms with Crippen molar-refractivity contribution in [1.82, 2.24) is 4.57 Å². The fourth-order valence-corrected chi connectivity index (χ4v) is 3.94. The Labute approximate surface area is 159 Å². The van der Waals surface area contributed by atoms with Gasteiger partial charge < -0.3 is 4.57 Å². The smallest absolute Gasteiger partial charge is 0.0543 e. The van der Waals surface area contributed by atoms with E-state index < -0.39 is 0 Å². The van der Waals surface area contributed by atoms with Crippen LogP contribution in [-0.4, -0.2) is 4.57 Å².